The Hall–Kier alpha value is -1.03. The fourth-order valence-electron chi connectivity index (χ4n) is 1.59. The minimum absolute atomic E-state index is 0.0945. The van der Waals surface area contributed by atoms with Crippen molar-refractivity contribution in [3.05, 3.63) is 23.9 Å². The lowest BCUT2D eigenvalue weighted by atomic mass is 10.1. The molecular weight excluding hydrogens is 232 g/mol. The molecule has 0 spiro atoms. The van der Waals surface area contributed by atoms with Crippen LogP contribution in [0.2, 0.25) is 0 Å². The quantitative estimate of drug-likeness (QED) is 0.720. The Kier molecular flexibility index (Phi) is 5.00. The summed E-state index contributed by atoms with van der Waals surface area (Å²) in [5, 5.41) is 0.799. The summed E-state index contributed by atoms with van der Waals surface area (Å²) < 4.78 is 0. The SMILES string of the molecule is C=C(CC)/C(=C\C)N1C(=O)CSC1=NC(C)C. The number of amides is 1. The van der Waals surface area contributed by atoms with Gasteiger partial charge < -0.3 is 0 Å². The molecule has 0 aromatic rings. The normalized spacial score (nSPS) is 19.6. The van der Waals surface area contributed by atoms with E-state index in [0.29, 0.717) is 5.75 Å². The van der Waals surface area contributed by atoms with E-state index in [1.807, 2.05) is 33.8 Å². The number of amidine groups is 1. The first-order valence-corrected chi connectivity index (χ1v) is 6.87. The van der Waals surface area contributed by atoms with Gasteiger partial charge in [-0.15, -0.1) is 0 Å². The van der Waals surface area contributed by atoms with Crippen LogP contribution in [-0.4, -0.2) is 27.8 Å². The number of allylic oxidation sites excluding steroid dienone is 2. The number of carbonyl (C=O) groups is 1. The molecule has 17 heavy (non-hydrogen) atoms. The van der Waals surface area contributed by atoms with Crippen molar-refractivity contribution < 1.29 is 4.79 Å². The second kappa shape index (κ2) is 6.05. The molecule has 0 saturated carbocycles. The highest BCUT2D eigenvalue weighted by molar-refractivity contribution is 8.15. The lowest BCUT2D eigenvalue weighted by Gasteiger charge is -2.21. The molecular formula is C13H20N2OS. The average molecular weight is 252 g/mol. The molecule has 0 N–H and O–H groups in total. The van der Waals surface area contributed by atoms with E-state index >= 15 is 0 Å². The van der Waals surface area contributed by atoms with E-state index in [-0.39, 0.29) is 11.9 Å². The van der Waals surface area contributed by atoms with Gasteiger partial charge >= 0.3 is 0 Å². The summed E-state index contributed by atoms with van der Waals surface area (Å²) in [6.45, 7) is 12.0. The Balaban J connectivity index is 3.07. The van der Waals surface area contributed by atoms with Crippen LogP contribution in [0.4, 0.5) is 0 Å². The van der Waals surface area contributed by atoms with Crippen molar-refractivity contribution in [3.8, 4) is 0 Å². The highest BCUT2D eigenvalue weighted by atomic mass is 32.2. The Bertz CT molecular complexity index is 383. The molecule has 3 nitrogen and oxygen atoms in total. The first-order chi connectivity index (χ1) is 8.01. The molecule has 0 atom stereocenters. The second-order valence-electron chi connectivity index (χ2n) is 4.15. The van der Waals surface area contributed by atoms with E-state index in [1.165, 1.54) is 11.8 Å². The smallest absolute Gasteiger partial charge is 0.243 e. The van der Waals surface area contributed by atoms with Crippen molar-refractivity contribution >= 4 is 22.8 Å². The Morgan fingerprint density at radius 1 is 1.65 bits per heavy atom. The van der Waals surface area contributed by atoms with E-state index in [2.05, 4.69) is 11.6 Å². The Labute approximate surface area is 108 Å². The Morgan fingerprint density at radius 3 is 2.76 bits per heavy atom. The summed E-state index contributed by atoms with van der Waals surface area (Å²) in [7, 11) is 0. The van der Waals surface area contributed by atoms with E-state index in [1.54, 1.807) is 4.90 Å². The summed E-state index contributed by atoms with van der Waals surface area (Å²) in [4.78, 5) is 18.1. The largest absolute Gasteiger partial charge is 0.273 e. The van der Waals surface area contributed by atoms with E-state index in [9.17, 15) is 4.79 Å². The van der Waals surface area contributed by atoms with Gasteiger partial charge in [-0.05, 0) is 32.8 Å². The molecule has 0 bridgehead atoms. The molecule has 1 amide bonds. The first-order valence-electron chi connectivity index (χ1n) is 5.89. The monoisotopic (exact) mass is 252 g/mol. The maximum atomic E-state index is 11.9. The van der Waals surface area contributed by atoms with Gasteiger partial charge in [0.25, 0.3) is 0 Å². The van der Waals surface area contributed by atoms with Gasteiger partial charge in [0.1, 0.15) is 0 Å². The second-order valence-corrected chi connectivity index (χ2v) is 5.10. The van der Waals surface area contributed by atoms with Gasteiger partial charge in [0.05, 0.1) is 5.75 Å². The van der Waals surface area contributed by atoms with Gasteiger partial charge in [0, 0.05) is 11.7 Å². The number of carbonyl (C=O) groups excluding carboxylic acids is 1. The summed E-state index contributed by atoms with van der Waals surface area (Å²) in [6.07, 6.45) is 2.77. The summed E-state index contributed by atoms with van der Waals surface area (Å²) in [5.74, 6) is 0.567. The van der Waals surface area contributed by atoms with Crippen molar-refractivity contribution in [2.24, 2.45) is 4.99 Å². The zero-order chi connectivity index (χ0) is 13.0. The van der Waals surface area contributed by atoms with Crippen LogP contribution in [0, 0.1) is 0 Å². The van der Waals surface area contributed by atoms with Crippen molar-refractivity contribution in [1.82, 2.24) is 4.90 Å². The molecule has 0 aliphatic carbocycles. The van der Waals surface area contributed by atoms with Crippen molar-refractivity contribution in [2.45, 2.75) is 40.2 Å². The standard InChI is InChI=1S/C13H20N2OS/c1-6-10(5)11(7-2)15-12(16)8-17-13(15)14-9(3)4/h7,9H,5-6,8H2,1-4H3/b11-7+,14-13?. The number of aliphatic imine (C=N–C) groups is 1. The minimum atomic E-state index is 0.0945. The predicted octanol–water partition coefficient (Wildman–Crippen LogP) is 3.20. The van der Waals surface area contributed by atoms with Gasteiger partial charge in [-0.1, -0.05) is 31.3 Å². The first kappa shape index (κ1) is 14.0. The Morgan fingerprint density at radius 2 is 2.29 bits per heavy atom. The molecule has 1 heterocycles. The minimum Gasteiger partial charge on any atom is -0.273 e. The fraction of sp³-hybridized carbons (Fsp3) is 0.538. The van der Waals surface area contributed by atoms with Crippen LogP contribution in [0.25, 0.3) is 0 Å². The van der Waals surface area contributed by atoms with Gasteiger partial charge in [-0.25, -0.2) is 0 Å². The zero-order valence-electron chi connectivity index (χ0n) is 11.0. The van der Waals surface area contributed by atoms with Crippen molar-refractivity contribution in [3.63, 3.8) is 0 Å². The van der Waals surface area contributed by atoms with Crippen LogP contribution in [-0.2, 0) is 4.79 Å². The lowest BCUT2D eigenvalue weighted by Crippen LogP contribution is -2.30. The maximum absolute atomic E-state index is 11.9. The summed E-state index contributed by atoms with van der Waals surface area (Å²) in [5.41, 5.74) is 1.86. The third-order valence-electron chi connectivity index (χ3n) is 2.44. The molecule has 0 aromatic heterocycles. The molecule has 1 aliphatic heterocycles. The lowest BCUT2D eigenvalue weighted by molar-refractivity contribution is -0.122. The fourth-order valence-corrected chi connectivity index (χ4v) is 2.58. The van der Waals surface area contributed by atoms with Gasteiger partial charge in [0.15, 0.2) is 5.17 Å². The zero-order valence-corrected chi connectivity index (χ0v) is 11.8. The number of thioether (sulfide) groups is 1. The summed E-state index contributed by atoms with van der Waals surface area (Å²) >= 11 is 1.50. The number of nitrogens with zero attached hydrogens (tertiary/aromatic N) is 2. The molecule has 0 aromatic carbocycles. The third kappa shape index (κ3) is 3.22. The van der Waals surface area contributed by atoms with Crippen LogP contribution < -0.4 is 0 Å². The topological polar surface area (TPSA) is 32.7 Å². The van der Waals surface area contributed by atoms with Crippen LogP contribution in [0.15, 0.2) is 28.9 Å². The molecule has 0 unspecified atom stereocenters. The van der Waals surface area contributed by atoms with Gasteiger partial charge in [0.2, 0.25) is 5.91 Å². The summed E-state index contributed by atoms with van der Waals surface area (Å²) in [6, 6.07) is 0.193. The van der Waals surface area contributed by atoms with Crippen LogP contribution in [0.1, 0.15) is 34.1 Å². The van der Waals surface area contributed by atoms with Gasteiger partial charge in [-0.3, -0.25) is 14.7 Å². The van der Waals surface area contributed by atoms with Crippen molar-refractivity contribution in [2.75, 3.05) is 5.75 Å². The van der Waals surface area contributed by atoms with Crippen LogP contribution in [0.3, 0.4) is 0 Å². The highest BCUT2D eigenvalue weighted by Gasteiger charge is 2.31. The van der Waals surface area contributed by atoms with Crippen molar-refractivity contribution in [1.29, 1.82) is 0 Å². The average Bonchev–Trinajstić information content (AvgIpc) is 2.61. The highest BCUT2D eigenvalue weighted by Crippen LogP contribution is 2.28. The van der Waals surface area contributed by atoms with E-state index in [0.717, 1.165) is 22.9 Å². The molecule has 1 fully saturated rings. The molecule has 94 valence electrons. The maximum Gasteiger partial charge on any atom is 0.243 e. The molecule has 0 radical (unpaired) electrons. The number of hydrogen-bond acceptors (Lipinski definition) is 3. The van der Waals surface area contributed by atoms with Crippen LogP contribution in [0.5, 0.6) is 0 Å². The van der Waals surface area contributed by atoms with Crippen LogP contribution >= 0.6 is 11.8 Å². The molecule has 1 aliphatic rings. The van der Waals surface area contributed by atoms with E-state index in [4.69, 9.17) is 0 Å². The predicted molar refractivity (Wildman–Crippen MR) is 75.1 cm³/mol. The number of hydrogen-bond donors (Lipinski definition) is 0. The molecule has 1 rings (SSSR count). The molecule has 4 heteroatoms. The van der Waals surface area contributed by atoms with E-state index < -0.39 is 0 Å². The third-order valence-corrected chi connectivity index (χ3v) is 3.37. The van der Waals surface area contributed by atoms with Gasteiger partial charge in [-0.2, -0.15) is 0 Å². The number of rotatable bonds is 4. The molecule has 1 saturated heterocycles.